The Morgan fingerprint density at radius 1 is 1.58 bits per heavy atom. The van der Waals surface area contributed by atoms with Crippen LogP contribution in [-0.2, 0) is 7.05 Å². The van der Waals surface area contributed by atoms with E-state index in [1.54, 1.807) is 16.3 Å². The minimum atomic E-state index is -0.145. The molecule has 0 saturated heterocycles. The first kappa shape index (κ1) is 13.7. The first-order valence-electron chi connectivity index (χ1n) is 6.00. The van der Waals surface area contributed by atoms with Crippen LogP contribution in [0.5, 0.6) is 0 Å². The van der Waals surface area contributed by atoms with E-state index in [-0.39, 0.29) is 11.9 Å². The first-order valence-corrected chi connectivity index (χ1v) is 6.88. The molecule has 2 heterocycles. The normalized spacial score (nSPS) is 12.4. The van der Waals surface area contributed by atoms with Gasteiger partial charge in [-0.15, -0.1) is 11.3 Å². The summed E-state index contributed by atoms with van der Waals surface area (Å²) in [6.07, 6.45) is 3.62. The minimum Gasteiger partial charge on any atom is -0.349 e. The second-order valence-corrected chi connectivity index (χ2v) is 5.20. The van der Waals surface area contributed by atoms with Gasteiger partial charge in [0, 0.05) is 36.8 Å². The van der Waals surface area contributed by atoms with Crippen molar-refractivity contribution >= 4 is 17.2 Å². The van der Waals surface area contributed by atoms with Crippen LogP contribution in [0.15, 0.2) is 17.8 Å². The lowest BCUT2D eigenvalue weighted by atomic mass is 10.3. The number of aromatic nitrogens is 3. The Bertz CT molecular complexity index is 562. The maximum absolute atomic E-state index is 11.9. The van der Waals surface area contributed by atoms with Crippen LogP contribution >= 0.6 is 11.3 Å². The molecule has 2 aromatic heterocycles. The summed E-state index contributed by atoms with van der Waals surface area (Å²) in [5.74, 6) is -0.145. The lowest BCUT2D eigenvalue weighted by molar-refractivity contribution is 0.0946. The van der Waals surface area contributed by atoms with E-state index in [4.69, 9.17) is 0 Å². The van der Waals surface area contributed by atoms with Crippen LogP contribution in [0.3, 0.4) is 0 Å². The van der Waals surface area contributed by atoms with Crippen LogP contribution in [-0.4, -0.2) is 40.3 Å². The van der Waals surface area contributed by atoms with E-state index in [0.29, 0.717) is 12.2 Å². The van der Waals surface area contributed by atoms with Gasteiger partial charge in [-0.25, -0.2) is 4.98 Å². The molecule has 0 aliphatic carbocycles. The molecule has 0 saturated carbocycles. The molecular formula is C12H17N5OS. The Hall–Kier alpha value is -1.73. The number of amides is 1. The van der Waals surface area contributed by atoms with Crippen molar-refractivity contribution in [2.75, 3.05) is 13.6 Å². The van der Waals surface area contributed by atoms with Gasteiger partial charge >= 0.3 is 0 Å². The van der Waals surface area contributed by atoms with Crippen LogP contribution in [0.4, 0.5) is 0 Å². The summed E-state index contributed by atoms with van der Waals surface area (Å²) in [5, 5.41) is 12.6. The number of carbonyl (C=O) groups excluding carboxylic acids is 1. The predicted molar refractivity (Wildman–Crippen MR) is 75.2 cm³/mol. The van der Waals surface area contributed by atoms with Crippen molar-refractivity contribution in [2.24, 2.45) is 7.05 Å². The van der Waals surface area contributed by atoms with E-state index in [1.807, 2.05) is 27.2 Å². The van der Waals surface area contributed by atoms with Gasteiger partial charge in [0.1, 0.15) is 10.7 Å². The summed E-state index contributed by atoms with van der Waals surface area (Å²) >= 11 is 1.44. The monoisotopic (exact) mass is 279 g/mol. The Morgan fingerprint density at radius 2 is 2.37 bits per heavy atom. The van der Waals surface area contributed by atoms with Crippen LogP contribution in [0, 0.1) is 0 Å². The predicted octanol–water partition coefficient (Wildman–Crippen LogP) is 0.881. The highest BCUT2D eigenvalue weighted by Crippen LogP contribution is 2.22. The zero-order valence-electron chi connectivity index (χ0n) is 11.2. The van der Waals surface area contributed by atoms with Gasteiger partial charge in [-0.2, -0.15) is 5.10 Å². The summed E-state index contributed by atoms with van der Waals surface area (Å²) in [4.78, 5) is 16.2. The number of rotatable bonds is 5. The molecule has 0 fully saturated rings. The van der Waals surface area contributed by atoms with Crippen molar-refractivity contribution < 1.29 is 4.79 Å². The molecule has 1 amide bonds. The highest BCUT2D eigenvalue weighted by atomic mass is 32.1. The molecule has 2 aromatic rings. The smallest absolute Gasteiger partial charge is 0.270 e. The van der Waals surface area contributed by atoms with Crippen LogP contribution in [0.1, 0.15) is 17.4 Å². The number of carbonyl (C=O) groups is 1. The summed E-state index contributed by atoms with van der Waals surface area (Å²) in [6, 6.07) is 0.236. The molecule has 6 nitrogen and oxygen atoms in total. The average molecular weight is 279 g/mol. The van der Waals surface area contributed by atoms with Crippen molar-refractivity contribution in [2.45, 2.75) is 13.0 Å². The van der Waals surface area contributed by atoms with E-state index in [1.165, 1.54) is 11.3 Å². The third kappa shape index (κ3) is 3.39. The zero-order valence-corrected chi connectivity index (χ0v) is 12.0. The Kier molecular flexibility index (Phi) is 4.28. The fraction of sp³-hybridized carbons (Fsp3) is 0.417. The Labute approximate surface area is 115 Å². The van der Waals surface area contributed by atoms with Gasteiger partial charge in [-0.1, -0.05) is 0 Å². The second-order valence-electron chi connectivity index (χ2n) is 4.34. The van der Waals surface area contributed by atoms with Crippen molar-refractivity contribution in [3.05, 3.63) is 23.5 Å². The summed E-state index contributed by atoms with van der Waals surface area (Å²) in [5.41, 5.74) is 1.38. The molecule has 0 spiro atoms. The maximum atomic E-state index is 11.9. The van der Waals surface area contributed by atoms with E-state index in [0.717, 1.165) is 10.6 Å². The van der Waals surface area contributed by atoms with Gasteiger partial charge < -0.3 is 10.6 Å². The number of hydrogen-bond acceptors (Lipinski definition) is 5. The molecular weight excluding hydrogens is 262 g/mol. The van der Waals surface area contributed by atoms with E-state index in [2.05, 4.69) is 20.7 Å². The van der Waals surface area contributed by atoms with Gasteiger partial charge in [0.25, 0.3) is 5.91 Å². The van der Waals surface area contributed by atoms with Crippen LogP contribution in [0.25, 0.3) is 10.6 Å². The highest BCUT2D eigenvalue weighted by Gasteiger charge is 2.13. The minimum absolute atomic E-state index is 0.145. The van der Waals surface area contributed by atoms with E-state index >= 15 is 0 Å². The zero-order chi connectivity index (χ0) is 13.8. The fourth-order valence-electron chi connectivity index (χ4n) is 1.48. The largest absolute Gasteiger partial charge is 0.349 e. The molecule has 19 heavy (non-hydrogen) atoms. The standard InChI is InChI=1S/C12H17N5OS/c1-8(13-2)4-14-11(18)10-7-19-12(16-10)9-5-15-17(3)6-9/h5-8,13H,4H2,1-3H3,(H,14,18). The third-order valence-electron chi connectivity index (χ3n) is 2.75. The molecule has 0 bridgehead atoms. The Balaban J connectivity index is 2.02. The molecule has 2 rings (SSSR count). The lowest BCUT2D eigenvalue weighted by Crippen LogP contribution is -2.37. The average Bonchev–Trinajstić information content (AvgIpc) is 3.03. The first-order chi connectivity index (χ1) is 9.10. The SMILES string of the molecule is CNC(C)CNC(=O)c1csc(-c2cnn(C)c2)n1. The number of aryl methyl sites for hydroxylation is 1. The second kappa shape index (κ2) is 5.94. The Morgan fingerprint density at radius 3 is 3.00 bits per heavy atom. The van der Waals surface area contributed by atoms with Crippen molar-refractivity contribution in [3.63, 3.8) is 0 Å². The molecule has 1 atom stereocenters. The molecule has 102 valence electrons. The van der Waals surface area contributed by atoms with Crippen LogP contribution in [0.2, 0.25) is 0 Å². The number of nitrogens with one attached hydrogen (secondary N) is 2. The molecule has 2 N–H and O–H groups in total. The molecule has 1 unspecified atom stereocenters. The maximum Gasteiger partial charge on any atom is 0.270 e. The van der Waals surface area contributed by atoms with Crippen molar-refractivity contribution in [1.82, 2.24) is 25.4 Å². The lowest BCUT2D eigenvalue weighted by Gasteiger charge is -2.10. The van der Waals surface area contributed by atoms with Gasteiger partial charge in [-0.3, -0.25) is 9.48 Å². The molecule has 0 aromatic carbocycles. The molecule has 0 aliphatic rings. The van der Waals surface area contributed by atoms with Gasteiger partial charge in [0.15, 0.2) is 0 Å². The molecule has 7 heteroatoms. The van der Waals surface area contributed by atoms with Crippen LogP contribution < -0.4 is 10.6 Å². The number of hydrogen-bond donors (Lipinski definition) is 2. The van der Waals surface area contributed by atoms with Gasteiger partial charge in [-0.05, 0) is 14.0 Å². The topological polar surface area (TPSA) is 71.8 Å². The van der Waals surface area contributed by atoms with E-state index < -0.39 is 0 Å². The number of thiazole rings is 1. The van der Waals surface area contributed by atoms with Crippen molar-refractivity contribution in [3.8, 4) is 10.6 Å². The molecule has 0 radical (unpaired) electrons. The highest BCUT2D eigenvalue weighted by molar-refractivity contribution is 7.13. The number of likely N-dealkylation sites (N-methyl/N-ethyl adjacent to an activating group) is 1. The quantitative estimate of drug-likeness (QED) is 0.852. The number of nitrogens with zero attached hydrogens (tertiary/aromatic N) is 3. The van der Waals surface area contributed by atoms with E-state index in [9.17, 15) is 4.79 Å². The summed E-state index contributed by atoms with van der Waals surface area (Å²) in [7, 11) is 3.71. The summed E-state index contributed by atoms with van der Waals surface area (Å²) < 4.78 is 1.71. The molecule has 0 aliphatic heterocycles. The third-order valence-corrected chi connectivity index (χ3v) is 3.64. The van der Waals surface area contributed by atoms with Gasteiger partial charge in [0.2, 0.25) is 0 Å². The van der Waals surface area contributed by atoms with Crippen molar-refractivity contribution in [1.29, 1.82) is 0 Å². The van der Waals surface area contributed by atoms with Gasteiger partial charge in [0.05, 0.1) is 6.20 Å². The fourth-order valence-corrected chi connectivity index (χ4v) is 2.26. The summed E-state index contributed by atoms with van der Waals surface area (Å²) in [6.45, 7) is 2.58.